The van der Waals surface area contributed by atoms with E-state index < -0.39 is 0 Å². The van der Waals surface area contributed by atoms with Crippen molar-refractivity contribution >= 4 is 11.4 Å². The summed E-state index contributed by atoms with van der Waals surface area (Å²) < 4.78 is 0. The molecule has 1 saturated carbocycles. The molecule has 2 unspecified atom stereocenters. The van der Waals surface area contributed by atoms with Crippen LogP contribution >= 0.6 is 0 Å². The maximum atomic E-state index is 11.2. The number of aryl methyl sites for hydroxylation is 1. The minimum absolute atomic E-state index is 0.246. The van der Waals surface area contributed by atoms with Crippen LogP contribution in [0.25, 0.3) is 0 Å². The number of para-hydroxylation sites is 1. The molecule has 1 saturated heterocycles. The van der Waals surface area contributed by atoms with Crippen LogP contribution in [0.15, 0.2) is 18.2 Å². The van der Waals surface area contributed by atoms with Gasteiger partial charge >= 0.3 is 0 Å². The minimum Gasteiger partial charge on any atom is -0.365 e. The molecule has 1 aromatic rings. The quantitative estimate of drug-likeness (QED) is 0.603. The fourth-order valence-corrected chi connectivity index (χ4v) is 3.79. The molecule has 0 N–H and O–H groups in total. The van der Waals surface area contributed by atoms with Crippen LogP contribution in [-0.4, -0.2) is 18.0 Å². The Labute approximate surface area is 113 Å². The average molecular weight is 260 g/mol. The molecule has 0 bridgehead atoms. The number of nitro benzene ring substituents is 1. The maximum absolute atomic E-state index is 11.2. The summed E-state index contributed by atoms with van der Waals surface area (Å²) in [4.78, 5) is 13.2. The Morgan fingerprint density at radius 1 is 1.21 bits per heavy atom. The van der Waals surface area contributed by atoms with E-state index in [0.717, 1.165) is 36.2 Å². The van der Waals surface area contributed by atoms with Crippen molar-refractivity contribution in [1.82, 2.24) is 0 Å². The number of fused-ring (bicyclic) bond motifs is 1. The van der Waals surface area contributed by atoms with Crippen molar-refractivity contribution in [3.05, 3.63) is 33.9 Å². The van der Waals surface area contributed by atoms with Crippen molar-refractivity contribution < 1.29 is 4.92 Å². The Balaban J connectivity index is 1.92. The average Bonchev–Trinajstić information content (AvgIpc) is 2.81. The molecule has 4 heteroatoms. The molecule has 2 atom stereocenters. The van der Waals surface area contributed by atoms with Gasteiger partial charge in [0.1, 0.15) is 5.69 Å². The van der Waals surface area contributed by atoms with Gasteiger partial charge in [-0.3, -0.25) is 10.1 Å². The molecule has 2 aliphatic rings. The van der Waals surface area contributed by atoms with E-state index in [2.05, 4.69) is 4.90 Å². The molecule has 4 nitrogen and oxygen atoms in total. The first kappa shape index (κ1) is 12.5. The van der Waals surface area contributed by atoms with Gasteiger partial charge in [0.2, 0.25) is 0 Å². The lowest BCUT2D eigenvalue weighted by atomic mass is 9.82. The predicted octanol–water partition coefficient (Wildman–Crippen LogP) is 3.53. The van der Waals surface area contributed by atoms with E-state index in [4.69, 9.17) is 0 Å². The molecule has 0 amide bonds. The summed E-state index contributed by atoms with van der Waals surface area (Å²) >= 11 is 0. The topological polar surface area (TPSA) is 46.4 Å². The summed E-state index contributed by atoms with van der Waals surface area (Å²) in [6, 6.07) is 5.38. The van der Waals surface area contributed by atoms with Gasteiger partial charge in [-0.25, -0.2) is 0 Å². The van der Waals surface area contributed by atoms with E-state index in [1.165, 1.54) is 25.7 Å². The second kappa shape index (κ2) is 4.83. The summed E-state index contributed by atoms with van der Waals surface area (Å²) in [5.74, 6) is 1.49. The lowest BCUT2D eigenvalue weighted by Crippen LogP contribution is -2.22. The molecule has 2 fully saturated rings. The van der Waals surface area contributed by atoms with E-state index in [9.17, 15) is 10.1 Å². The lowest BCUT2D eigenvalue weighted by molar-refractivity contribution is -0.384. The maximum Gasteiger partial charge on any atom is 0.292 e. The van der Waals surface area contributed by atoms with Gasteiger partial charge in [-0.2, -0.15) is 0 Å². The highest BCUT2D eigenvalue weighted by Gasteiger charge is 2.36. The molecule has 1 aromatic carbocycles. The molecule has 1 aliphatic carbocycles. The summed E-state index contributed by atoms with van der Waals surface area (Å²) in [7, 11) is 0. The van der Waals surface area contributed by atoms with Crippen molar-refractivity contribution in [3.63, 3.8) is 0 Å². The van der Waals surface area contributed by atoms with Crippen LogP contribution in [0.3, 0.4) is 0 Å². The number of nitrogens with zero attached hydrogens (tertiary/aromatic N) is 2. The van der Waals surface area contributed by atoms with Crippen LogP contribution in [0.2, 0.25) is 0 Å². The predicted molar refractivity (Wildman–Crippen MR) is 75.5 cm³/mol. The molecule has 0 spiro atoms. The zero-order valence-corrected chi connectivity index (χ0v) is 11.3. The highest BCUT2D eigenvalue weighted by atomic mass is 16.6. The standard InChI is InChI=1S/C15H20N2O2/c1-11-5-4-8-14(17(18)19)15(11)16-9-12-6-2-3-7-13(12)10-16/h4-5,8,12-13H,2-3,6-7,9-10H2,1H3. The van der Waals surface area contributed by atoms with E-state index in [-0.39, 0.29) is 10.6 Å². The highest BCUT2D eigenvalue weighted by molar-refractivity contribution is 5.68. The molecule has 1 heterocycles. The third-order valence-electron chi connectivity index (χ3n) is 4.71. The van der Waals surface area contributed by atoms with Crippen LogP contribution < -0.4 is 4.90 Å². The number of hydrogen-bond donors (Lipinski definition) is 0. The first-order valence-corrected chi connectivity index (χ1v) is 7.16. The number of rotatable bonds is 2. The summed E-state index contributed by atoms with van der Waals surface area (Å²) in [6.45, 7) is 3.97. The Morgan fingerprint density at radius 3 is 2.42 bits per heavy atom. The third kappa shape index (κ3) is 2.20. The van der Waals surface area contributed by atoms with Crippen molar-refractivity contribution in [1.29, 1.82) is 0 Å². The Kier molecular flexibility index (Phi) is 3.17. The van der Waals surface area contributed by atoms with E-state index in [1.807, 2.05) is 13.0 Å². The summed E-state index contributed by atoms with van der Waals surface area (Å²) in [5.41, 5.74) is 2.13. The van der Waals surface area contributed by atoms with E-state index >= 15 is 0 Å². The van der Waals surface area contributed by atoms with Gasteiger partial charge in [0.15, 0.2) is 0 Å². The van der Waals surface area contributed by atoms with Gasteiger partial charge in [0.05, 0.1) is 4.92 Å². The number of nitro groups is 1. The van der Waals surface area contributed by atoms with E-state index in [0.29, 0.717) is 0 Å². The fraction of sp³-hybridized carbons (Fsp3) is 0.600. The van der Waals surface area contributed by atoms with Crippen molar-refractivity contribution in [2.24, 2.45) is 11.8 Å². The molecule has 0 radical (unpaired) electrons. The van der Waals surface area contributed by atoms with Gasteiger partial charge in [0, 0.05) is 19.2 Å². The Hall–Kier alpha value is -1.58. The molecule has 1 aliphatic heterocycles. The molecule has 19 heavy (non-hydrogen) atoms. The highest BCUT2D eigenvalue weighted by Crippen LogP contribution is 2.41. The minimum atomic E-state index is -0.246. The normalized spacial score (nSPS) is 26.3. The number of anilines is 1. The summed E-state index contributed by atoms with van der Waals surface area (Å²) in [6.07, 6.45) is 5.23. The first-order chi connectivity index (χ1) is 9.16. The zero-order valence-electron chi connectivity index (χ0n) is 11.3. The van der Waals surface area contributed by atoms with Gasteiger partial charge < -0.3 is 4.90 Å². The van der Waals surface area contributed by atoms with Gasteiger partial charge in [0.25, 0.3) is 5.69 Å². The van der Waals surface area contributed by atoms with Crippen LogP contribution in [-0.2, 0) is 0 Å². The number of hydrogen-bond acceptors (Lipinski definition) is 3. The van der Waals surface area contributed by atoms with Crippen molar-refractivity contribution in [2.75, 3.05) is 18.0 Å². The lowest BCUT2D eigenvalue weighted by Gasteiger charge is -2.22. The first-order valence-electron chi connectivity index (χ1n) is 7.16. The van der Waals surface area contributed by atoms with Crippen LogP contribution in [0, 0.1) is 28.9 Å². The van der Waals surface area contributed by atoms with Gasteiger partial charge in [-0.1, -0.05) is 25.0 Å². The third-order valence-corrected chi connectivity index (χ3v) is 4.71. The van der Waals surface area contributed by atoms with Crippen LogP contribution in [0.5, 0.6) is 0 Å². The smallest absolute Gasteiger partial charge is 0.292 e. The SMILES string of the molecule is Cc1cccc([N+](=O)[O-])c1N1CC2CCCCC2C1. The largest absolute Gasteiger partial charge is 0.365 e. The molecular formula is C15H20N2O2. The second-order valence-corrected chi connectivity index (χ2v) is 5.91. The van der Waals surface area contributed by atoms with Crippen LogP contribution in [0.4, 0.5) is 11.4 Å². The monoisotopic (exact) mass is 260 g/mol. The van der Waals surface area contributed by atoms with Gasteiger partial charge in [-0.05, 0) is 37.2 Å². The second-order valence-electron chi connectivity index (χ2n) is 5.91. The molecule has 3 rings (SSSR count). The molecular weight excluding hydrogens is 240 g/mol. The zero-order chi connectivity index (χ0) is 13.4. The van der Waals surface area contributed by atoms with Gasteiger partial charge in [-0.15, -0.1) is 0 Å². The Bertz CT molecular complexity index is 487. The van der Waals surface area contributed by atoms with E-state index in [1.54, 1.807) is 12.1 Å². The number of benzene rings is 1. The molecule has 0 aromatic heterocycles. The summed E-state index contributed by atoms with van der Waals surface area (Å²) in [5, 5.41) is 11.2. The van der Waals surface area contributed by atoms with Crippen molar-refractivity contribution in [2.45, 2.75) is 32.6 Å². The van der Waals surface area contributed by atoms with Crippen molar-refractivity contribution in [3.8, 4) is 0 Å². The fourth-order valence-electron chi connectivity index (χ4n) is 3.79. The Morgan fingerprint density at radius 2 is 1.84 bits per heavy atom. The molecule has 102 valence electrons. The van der Waals surface area contributed by atoms with Crippen LogP contribution in [0.1, 0.15) is 31.2 Å².